The van der Waals surface area contributed by atoms with E-state index in [1.54, 1.807) is 35.3 Å². The van der Waals surface area contributed by atoms with Crippen molar-refractivity contribution in [2.24, 2.45) is 5.92 Å². The molecule has 1 fully saturated rings. The van der Waals surface area contributed by atoms with Gasteiger partial charge in [0.15, 0.2) is 0 Å². The van der Waals surface area contributed by atoms with E-state index < -0.39 is 29.4 Å². The molecule has 0 bridgehead atoms. The van der Waals surface area contributed by atoms with Crippen molar-refractivity contribution in [3.63, 3.8) is 0 Å². The van der Waals surface area contributed by atoms with Gasteiger partial charge in [0.25, 0.3) is 5.56 Å². The molecule has 0 saturated carbocycles. The molecule has 130 valence electrons. The van der Waals surface area contributed by atoms with E-state index >= 15 is 0 Å². The van der Waals surface area contributed by atoms with E-state index in [0.29, 0.717) is 6.42 Å². The van der Waals surface area contributed by atoms with Gasteiger partial charge in [0.1, 0.15) is 9.64 Å². The van der Waals surface area contributed by atoms with Crippen molar-refractivity contribution in [2.75, 3.05) is 25.4 Å². The lowest BCUT2D eigenvalue weighted by Crippen LogP contribution is -2.35. The van der Waals surface area contributed by atoms with Crippen LogP contribution in [0, 0.1) is 11.7 Å². The first-order chi connectivity index (χ1) is 10.9. The maximum atomic E-state index is 13.5. The second-order valence-electron chi connectivity index (χ2n) is 5.01. The first kappa shape index (κ1) is 18.9. The van der Waals surface area contributed by atoms with Crippen LogP contribution in [0.15, 0.2) is 15.8 Å². The van der Waals surface area contributed by atoms with Crippen LogP contribution in [-0.2, 0) is 4.74 Å². The van der Waals surface area contributed by atoms with Gasteiger partial charge in [0.2, 0.25) is 5.82 Å². The van der Waals surface area contributed by atoms with E-state index in [0.717, 1.165) is 10.8 Å². The normalized spacial score (nSPS) is 25.0. The monoisotopic (exact) mass is 382 g/mol. The number of nitrogens with one attached hydrogen (secondary N) is 1. The number of H-pyrrole nitrogens is 1. The highest BCUT2D eigenvalue weighted by Crippen LogP contribution is 2.55. The summed E-state index contributed by atoms with van der Waals surface area (Å²) in [6.07, 6.45) is 6.08. The average Bonchev–Trinajstić information content (AvgIpc) is 2.98. The molecule has 0 radical (unpaired) electrons. The van der Waals surface area contributed by atoms with Gasteiger partial charge in [-0.1, -0.05) is 0 Å². The Morgan fingerprint density at radius 2 is 2.00 bits per heavy atom. The van der Waals surface area contributed by atoms with Gasteiger partial charge in [0.05, 0.1) is 18.9 Å². The molecule has 23 heavy (non-hydrogen) atoms. The highest BCUT2D eigenvalue weighted by atomic mass is 32.3. The summed E-state index contributed by atoms with van der Waals surface area (Å²) in [6.45, 7) is -0.189. The molecule has 2 rings (SSSR count). The number of aromatic nitrogens is 2. The molecule has 2 heterocycles. The van der Waals surface area contributed by atoms with Gasteiger partial charge in [0, 0.05) is 12.3 Å². The number of thioether (sulfide) groups is 3. The fraction of sp³-hybridized carbons (Fsp3) is 0.692. The molecule has 0 amide bonds. The summed E-state index contributed by atoms with van der Waals surface area (Å²) >= 11 is 4.97. The number of aliphatic hydroxyl groups excluding tert-OH is 1. The van der Waals surface area contributed by atoms with Gasteiger partial charge >= 0.3 is 5.69 Å². The molecule has 0 spiro atoms. The number of aromatic amines is 1. The number of hydrogen-bond donors (Lipinski definition) is 2. The molecule has 1 aromatic heterocycles. The van der Waals surface area contributed by atoms with Crippen LogP contribution in [0.3, 0.4) is 0 Å². The molecule has 1 aromatic rings. The van der Waals surface area contributed by atoms with Gasteiger partial charge in [-0.15, -0.1) is 35.3 Å². The summed E-state index contributed by atoms with van der Waals surface area (Å²) in [7, 11) is 0. The lowest BCUT2D eigenvalue weighted by atomic mass is 10.0. The van der Waals surface area contributed by atoms with Crippen molar-refractivity contribution in [3.8, 4) is 0 Å². The van der Waals surface area contributed by atoms with Crippen molar-refractivity contribution in [3.05, 3.63) is 32.9 Å². The Morgan fingerprint density at radius 1 is 1.39 bits per heavy atom. The second-order valence-corrected chi connectivity index (χ2v) is 8.95. The van der Waals surface area contributed by atoms with Crippen molar-refractivity contribution in [2.45, 2.75) is 22.2 Å². The molecule has 1 saturated heterocycles. The topological polar surface area (TPSA) is 84.3 Å². The lowest BCUT2D eigenvalue weighted by molar-refractivity contribution is -0.0323. The van der Waals surface area contributed by atoms with E-state index in [4.69, 9.17) is 4.74 Å². The van der Waals surface area contributed by atoms with Crippen molar-refractivity contribution in [1.82, 2.24) is 9.55 Å². The molecule has 0 aromatic carbocycles. The number of ether oxygens (including phenoxy) is 1. The highest BCUT2D eigenvalue weighted by Gasteiger charge is 2.48. The predicted molar refractivity (Wildman–Crippen MR) is 93.7 cm³/mol. The molecule has 1 aliphatic heterocycles. The van der Waals surface area contributed by atoms with Crippen molar-refractivity contribution >= 4 is 35.3 Å². The molecule has 1 aliphatic rings. The van der Waals surface area contributed by atoms with E-state index in [-0.39, 0.29) is 15.9 Å². The summed E-state index contributed by atoms with van der Waals surface area (Å²) in [5.74, 6) is -1.08. The number of nitrogens with zero attached hydrogens (tertiary/aromatic N) is 1. The van der Waals surface area contributed by atoms with Crippen molar-refractivity contribution in [1.29, 1.82) is 0 Å². The van der Waals surface area contributed by atoms with Crippen molar-refractivity contribution < 1.29 is 14.2 Å². The smallest absolute Gasteiger partial charge is 0.330 e. The number of aliphatic hydroxyl groups is 1. The van der Waals surface area contributed by atoms with Gasteiger partial charge in [-0.25, -0.2) is 4.79 Å². The maximum absolute atomic E-state index is 13.5. The molecular weight excluding hydrogens is 363 g/mol. The van der Waals surface area contributed by atoms with Crippen LogP contribution in [0.4, 0.5) is 4.39 Å². The zero-order valence-electron chi connectivity index (χ0n) is 12.9. The lowest BCUT2D eigenvalue weighted by Gasteiger charge is -2.36. The fourth-order valence-corrected chi connectivity index (χ4v) is 6.47. The maximum Gasteiger partial charge on any atom is 0.330 e. The van der Waals surface area contributed by atoms with Gasteiger partial charge in [-0.3, -0.25) is 14.3 Å². The van der Waals surface area contributed by atoms with Gasteiger partial charge < -0.3 is 9.84 Å². The van der Waals surface area contributed by atoms with Crippen LogP contribution < -0.4 is 11.2 Å². The molecular formula is C13H19FN2O4S3. The molecule has 2 N–H and O–H groups in total. The van der Waals surface area contributed by atoms with Crippen LogP contribution >= 0.6 is 35.3 Å². The van der Waals surface area contributed by atoms with E-state index in [1.807, 2.05) is 23.8 Å². The molecule has 3 atom stereocenters. The summed E-state index contributed by atoms with van der Waals surface area (Å²) in [6, 6.07) is 0. The van der Waals surface area contributed by atoms with E-state index in [9.17, 15) is 19.1 Å². The first-order valence-corrected chi connectivity index (χ1v) is 10.5. The minimum Gasteiger partial charge on any atom is -0.394 e. The highest BCUT2D eigenvalue weighted by molar-refractivity contribution is 8.33. The van der Waals surface area contributed by atoms with Crippen LogP contribution in [0.5, 0.6) is 0 Å². The summed E-state index contributed by atoms with van der Waals surface area (Å²) in [5.41, 5.74) is -1.77. The molecule has 0 aliphatic carbocycles. The zero-order chi connectivity index (χ0) is 17.2. The minimum atomic E-state index is -1.05. The Kier molecular flexibility index (Phi) is 6.28. The van der Waals surface area contributed by atoms with Gasteiger partial charge in [-0.05, 0) is 18.8 Å². The Labute approximate surface area is 145 Å². The number of rotatable bonds is 6. The largest absolute Gasteiger partial charge is 0.394 e. The molecule has 10 heteroatoms. The van der Waals surface area contributed by atoms with Crippen LogP contribution in [0.2, 0.25) is 0 Å². The third kappa shape index (κ3) is 3.51. The van der Waals surface area contributed by atoms with Crippen LogP contribution in [0.25, 0.3) is 0 Å². The Morgan fingerprint density at radius 3 is 2.52 bits per heavy atom. The summed E-state index contributed by atoms with van der Waals surface area (Å²) in [4.78, 5) is 25.0. The van der Waals surface area contributed by atoms with Crippen LogP contribution in [-0.4, -0.2) is 49.5 Å². The fourth-order valence-electron chi connectivity index (χ4n) is 2.82. The van der Waals surface area contributed by atoms with Crippen LogP contribution in [0.1, 0.15) is 12.6 Å². The Bertz CT molecular complexity index is 653. The average molecular weight is 383 g/mol. The molecule has 0 unspecified atom stereocenters. The third-order valence-electron chi connectivity index (χ3n) is 3.96. The Balaban J connectivity index is 2.37. The SMILES string of the molecule is CSC(SC)(SC)[C@@H]1C[C@@H](n2cc(F)c(=O)[nH]c2=O)O[C@H]1CO. The zero-order valence-corrected chi connectivity index (χ0v) is 15.4. The predicted octanol–water partition coefficient (Wildman–Crippen LogP) is 1.31. The summed E-state index contributed by atoms with van der Waals surface area (Å²) in [5, 5.41) is 9.65. The third-order valence-corrected chi connectivity index (χ3v) is 9.57. The molecule has 6 nitrogen and oxygen atoms in total. The number of hydrogen-bond acceptors (Lipinski definition) is 7. The van der Waals surface area contributed by atoms with E-state index in [2.05, 4.69) is 0 Å². The Hall–Kier alpha value is -0.420. The van der Waals surface area contributed by atoms with E-state index in [1.165, 1.54) is 0 Å². The second kappa shape index (κ2) is 7.64. The standard InChI is InChI=1S/C13H19FN2O4S3/c1-21-13(22-2,23-3)7-4-10(20-9(7)6-17)16-5-8(14)11(18)15-12(16)19/h5,7,9-10,17H,4,6H2,1-3H3,(H,15,18,19)/t7-,9+,10+/m1/s1. The first-order valence-electron chi connectivity index (χ1n) is 6.85. The number of halogens is 1. The quantitative estimate of drug-likeness (QED) is 0.718. The minimum absolute atomic E-state index is 0.0422. The summed E-state index contributed by atoms with van der Waals surface area (Å²) < 4.78 is 20.1. The van der Waals surface area contributed by atoms with Gasteiger partial charge in [-0.2, -0.15) is 4.39 Å².